The molecule has 0 spiro atoms. The summed E-state index contributed by atoms with van der Waals surface area (Å²) in [5.41, 5.74) is 2.56. The van der Waals surface area contributed by atoms with E-state index in [1.54, 1.807) is 0 Å². The zero-order chi connectivity index (χ0) is 21.6. The van der Waals surface area contributed by atoms with Gasteiger partial charge in [0.2, 0.25) is 5.82 Å². The third-order valence-electron chi connectivity index (χ3n) is 4.59. The van der Waals surface area contributed by atoms with Gasteiger partial charge in [0.05, 0.1) is 11.6 Å². The van der Waals surface area contributed by atoms with Crippen molar-refractivity contribution in [3.63, 3.8) is 0 Å². The molecule has 2 N–H and O–H groups in total. The van der Waals surface area contributed by atoms with Crippen molar-refractivity contribution in [2.45, 2.75) is 26.5 Å². The van der Waals surface area contributed by atoms with Crippen LogP contribution in [0.1, 0.15) is 30.0 Å². The summed E-state index contributed by atoms with van der Waals surface area (Å²) in [6.45, 7) is 4.34. The molecule has 1 heterocycles. The number of carbonyl (C=O) groups is 1. The third kappa shape index (κ3) is 5.17. The molecule has 0 radical (unpaired) electrons. The Labute approximate surface area is 181 Å². The predicted octanol–water partition coefficient (Wildman–Crippen LogP) is 5.09. The van der Waals surface area contributed by atoms with Crippen molar-refractivity contribution in [2.24, 2.45) is 0 Å². The maximum Gasteiger partial charge on any atom is 0.289 e. The highest BCUT2D eigenvalue weighted by molar-refractivity contribution is 5.97. The molecule has 4 aromatic rings. The fourth-order valence-corrected chi connectivity index (χ4v) is 3.15. The Bertz CT molecular complexity index is 1180. The molecule has 4 rings (SSSR count). The molecule has 0 saturated heterocycles. The minimum Gasteiger partial charge on any atom is -0.491 e. The van der Waals surface area contributed by atoms with E-state index in [1.165, 1.54) is 0 Å². The monoisotopic (exact) mass is 412 g/mol. The number of nitrogens with one attached hydrogen (secondary N) is 2. The van der Waals surface area contributed by atoms with E-state index < -0.39 is 0 Å². The van der Waals surface area contributed by atoms with Crippen LogP contribution in [0.4, 0.5) is 11.5 Å². The Morgan fingerprint density at radius 3 is 2.35 bits per heavy atom. The van der Waals surface area contributed by atoms with Crippen LogP contribution in [-0.4, -0.2) is 22.0 Å². The summed E-state index contributed by atoms with van der Waals surface area (Å²) in [5, 5.41) is 7.04. The molecule has 156 valence electrons. The molecule has 1 aromatic heterocycles. The van der Waals surface area contributed by atoms with Crippen molar-refractivity contribution >= 4 is 28.3 Å². The third-order valence-corrected chi connectivity index (χ3v) is 4.59. The molecule has 0 aliphatic rings. The molecule has 1 amide bonds. The number of ether oxygens (including phenoxy) is 1. The number of benzene rings is 3. The number of aromatic nitrogens is 2. The molecule has 0 fully saturated rings. The SMILES string of the molecule is CC(C)Oc1ccc(CNC(=O)c2nc(Nc3ccccc3)c3ccccc3n2)cc1. The maximum absolute atomic E-state index is 12.8. The second-order valence-electron chi connectivity index (χ2n) is 7.40. The van der Waals surface area contributed by atoms with Gasteiger partial charge in [-0.1, -0.05) is 42.5 Å². The number of fused-ring (bicyclic) bond motifs is 1. The number of rotatable bonds is 7. The van der Waals surface area contributed by atoms with Crippen molar-refractivity contribution in [3.8, 4) is 5.75 Å². The zero-order valence-corrected chi connectivity index (χ0v) is 17.5. The largest absolute Gasteiger partial charge is 0.491 e. The highest BCUT2D eigenvalue weighted by atomic mass is 16.5. The van der Waals surface area contributed by atoms with Crippen molar-refractivity contribution in [3.05, 3.63) is 90.3 Å². The van der Waals surface area contributed by atoms with Gasteiger partial charge in [-0.25, -0.2) is 9.97 Å². The standard InChI is InChI=1S/C25H24N4O2/c1-17(2)31-20-14-12-18(13-15-20)16-26-25(30)24-28-22-11-7-6-10-21(22)23(29-24)27-19-8-4-3-5-9-19/h3-15,17H,16H2,1-2H3,(H,26,30)(H,27,28,29). The van der Waals surface area contributed by atoms with Gasteiger partial charge in [0.1, 0.15) is 11.6 Å². The topological polar surface area (TPSA) is 76.1 Å². The summed E-state index contributed by atoms with van der Waals surface area (Å²) in [7, 11) is 0. The zero-order valence-electron chi connectivity index (χ0n) is 17.5. The smallest absolute Gasteiger partial charge is 0.289 e. The van der Waals surface area contributed by atoms with Gasteiger partial charge in [-0.2, -0.15) is 0 Å². The van der Waals surface area contributed by atoms with Gasteiger partial charge >= 0.3 is 0 Å². The van der Waals surface area contributed by atoms with Gasteiger partial charge in [-0.05, 0) is 55.8 Å². The van der Waals surface area contributed by atoms with Crippen LogP contribution in [0.3, 0.4) is 0 Å². The van der Waals surface area contributed by atoms with Gasteiger partial charge in [0.25, 0.3) is 5.91 Å². The number of carbonyl (C=O) groups excluding carboxylic acids is 1. The molecule has 0 bridgehead atoms. The van der Waals surface area contributed by atoms with E-state index in [0.717, 1.165) is 22.4 Å². The lowest BCUT2D eigenvalue weighted by atomic mass is 10.2. The molecule has 6 heteroatoms. The fourth-order valence-electron chi connectivity index (χ4n) is 3.15. The van der Waals surface area contributed by atoms with Gasteiger partial charge in [-0.3, -0.25) is 4.79 Å². The molecular formula is C25H24N4O2. The van der Waals surface area contributed by atoms with E-state index in [1.807, 2.05) is 92.7 Å². The predicted molar refractivity (Wildman–Crippen MR) is 123 cm³/mol. The van der Waals surface area contributed by atoms with Crippen molar-refractivity contribution in [1.29, 1.82) is 0 Å². The molecule has 6 nitrogen and oxygen atoms in total. The van der Waals surface area contributed by atoms with Crippen LogP contribution in [0, 0.1) is 0 Å². The summed E-state index contributed by atoms with van der Waals surface area (Å²) < 4.78 is 5.65. The number of para-hydroxylation sites is 2. The van der Waals surface area contributed by atoms with E-state index in [2.05, 4.69) is 20.6 Å². The van der Waals surface area contributed by atoms with E-state index >= 15 is 0 Å². The summed E-state index contributed by atoms with van der Waals surface area (Å²) in [6, 6.07) is 25.0. The first-order valence-electron chi connectivity index (χ1n) is 10.2. The highest BCUT2D eigenvalue weighted by Crippen LogP contribution is 2.23. The summed E-state index contributed by atoms with van der Waals surface area (Å²) in [4.78, 5) is 21.7. The van der Waals surface area contributed by atoms with Gasteiger partial charge in [-0.15, -0.1) is 0 Å². The van der Waals surface area contributed by atoms with Gasteiger partial charge in [0.15, 0.2) is 0 Å². The average Bonchev–Trinajstić information content (AvgIpc) is 2.78. The van der Waals surface area contributed by atoms with Crippen LogP contribution >= 0.6 is 0 Å². The number of amides is 1. The van der Waals surface area contributed by atoms with Crippen molar-refractivity contribution in [1.82, 2.24) is 15.3 Å². The fraction of sp³-hybridized carbons (Fsp3) is 0.160. The second-order valence-corrected chi connectivity index (χ2v) is 7.40. The van der Waals surface area contributed by atoms with Crippen LogP contribution in [-0.2, 0) is 6.54 Å². The average molecular weight is 412 g/mol. The lowest BCUT2D eigenvalue weighted by molar-refractivity contribution is 0.0941. The molecule has 0 aliphatic carbocycles. The Morgan fingerprint density at radius 2 is 1.61 bits per heavy atom. The van der Waals surface area contributed by atoms with E-state index in [4.69, 9.17) is 4.74 Å². The Hall–Kier alpha value is -3.93. The van der Waals surface area contributed by atoms with E-state index in [0.29, 0.717) is 17.9 Å². The minimum absolute atomic E-state index is 0.120. The summed E-state index contributed by atoms with van der Waals surface area (Å²) in [6.07, 6.45) is 0.120. The van der Waals surface area contributed by atoms with Gasteiger partial charge in [0, 0.05) is 17.6 Å². The number of hydrogen-bond donors (Lipinski definition) is 2. The number of nitrogens with zero attached hydrogens (tertiary/aromatic N) is 2. The number of anilines is 2. The van der Waals surface area contributed by atoms with Crippen LogP contribution < -0.4 is 15.4 Å². The first kappa shape index (κ1) is 20.3. The summed E-state index contributed by atoms with van der Waals surface area (Å²) >= 11 is 0. The Balaban J connectivity index is 1.52. The molecule has 3 aromatic carbocycles. The summed E-state index contributed by atoms with van der Waals surface area (Å²) in [5.74, 6) is 1.19. The lowest BCUT2D eigenvalue weighted by Crippen LogP contribution is -2.25. The molecular weight excluding hydrogens is 388 g/mol. The Kier molecular flexibility index (Phi) is 6.08. The van der Waals surface area contributed by atoms with Crippen LogP contribution in [0.2, 0.25) is 0 Å². The molecule has 0 atom stereocenters. The van der Waals surface area contributed by atoms with Crippen LogP contribution in [0.25, 0.3) is 10.9 Å². The van der Waals surface area contributed by atoms with Crippen molar-refractivity contribution < 1.29 is 9.53 Å². The lowest BCUT2D eigenvalue weighted by Gasteiger charge is -2.12. The van der Waals surface area contributed by atoms with E-state index in [-0.39, 0.29) is 17.8 Å². The number of hydrogen-bond acceptors (Lipinski definition) is 5. The van der Waals surface area contributed by atoms with E-state index in [9.17, 15) is 4.79 Å². The maximum atomic E-state index is 12.8. The second kappa shape index (κ2) is 9.26. The molecule has 31 heavy (non-hydrogen) atoms. The normalized spacial score (nSPS) is 10.8. The molecule has 0 aliphatic heterocycles. The minimum atomic E-state index is -0.329. The highest BCUT2D eigenvalue weighted by Gasteiger charge is 2.14. The first-order chi connectivity index (χ1) is 15.1. The van der Waals surface area contributed by atoms with Crippen LogP contribution in [0.15, 0.2) is 78.9 Å². The van der Waals surface area contributed by atoms with Crippen molar-refractivity contribution in [2.75, 3.05) is 5.32 Å². The quantitative estimate of drug-likeness (QED) is 0.442. The molecule has 0 unspecified atom stereocenters. The van der Waals surface area contributed by atoms with Gasteiger partial charge < -0.3 is 15.4 Å². The first-order valence-corrected chi connectivity index (χ1v) is 10.2. The molecule has 0 saturated carbocycles. The Morgan fingerprint density at radius 1 is 0.903 bits per heavy atom. The van der Waals surface area contributed by atoms with Crippen LogP contribution in [0.5, 0.6) is 5.75 Å².